The van der Waals surface area contributed by atoms with E-state index in [0.29, 0.717) is 28.6 Å². The third-order valence-electron chi connectivity index (χ3n) is 3.51. The number of nitrogens with one attached hydrogen (secondary N) is 1. The largest absolute Gasteiger partial charge is 0.484 e. The molecule has 1 aromatic heterocycles. The van der Waals surface area contributed by atoms with E-state index in [1.807, 2.05) is 25.1 Å². The first-order valence-electron chi connectivity index (χ1n) is 8.12. The smallest absolute Gasteiger partial charge is 0.338 e. The highest BCUT2D eigenvalue weighted by molar-refractivity contribution is 7.22. The topological polar surface area (TPSA) is 77.5 Å². The fourth-order valence-corrected chi connectivity index (χ4v) is 3.25. The van der Waals surface area contributed by atoms with E-state index in [4.69, 9.17) is 9.47 Å². The summed E-state index contributed by atoms with van der Waals surface area (Å²) < 4.78 is 11.3. The first-order valence-corrected chi connectivity index (χ1v) is 8.94. The van der Waals surface area contributed by atoms with Crippen molar-refractivity contribution in [1.82, 2.24) is 4.98 Å². The van der Waals surface area contributed by atoms with Gasteiger partial charge in [-0.3, -0.25) is 10.1 Å². The zero-order valence-corrected chi connectivity index (χ0v) is 15.3. The van der Waals surface area contributed by atoms with Gasteiger partial charge in [0.05, 0.1) is 22.4 Å². The van der Waals surface area contributed by atoms with Crippen LogP contribution in [-0.2, 0) is 9.53 Å². The number of aromatic nitrogens is 1. The summed E-state index contributed by atoms with van der Waals surface area (Å²) in [7, 11) is 0. The molecule has 1 N–H and O–H groups in total. The summed E-state index contributed by atoms with van der Waals surface area (Å²) in [6.07, 6.45) is 0. The molecule has 0 atom stereocenters. The molecule has 0 radical (unpaired) electrons. The van der Waals surface area contributed by atoms with E-state index in [2.05, 4.69) is 10.3 Å². The molecule has 1 amide bonds. The maximum absolute atomic E-state index is 12.1. The van der Waals surface area contributed by atoms with E-state index in [-0.39, 0.29) is 18.5 Å². The lowest BCUT2D eigenvalue weighted by molar-refractivity contribution is -0.118. The molecule has 0 saturated carbocycles. The molecule has 26 heavy (non-hydrogen) atoms. The summed E-state index contributed by atoms with van der Waals surface area (Å²) in [6.45, 7) is 3.93. The average molecular weight is 370 g/mol. The second-order valence-electron chi connectivity index (χ2n) is 5.58. The number of amides is 1. The molecule has 3 rings (SSSR count). The minimum Gasteiger partial charge on any atom is -0.484 e. The summed E-state index contributed by atoms with van der Waals surface area (Å²) in [5.41, 5.74) is 2.23. The van der Waals surface area contributed by atoms with Crippen molar-refractivity contribution < 1.29 is 19.1 Å². The van der Waals surface area contributed by atoms with E-state index in [0.717, 1.165) is 10.3 Å². The normalized spacial score (nSPS) is 10.5. The molecule has 7 heteroatoms. The predicted molar refractivity (Wildman–Crippen MR) is 101 cm³/mol. The molecule has 3 aromatic rings. The summed E-state index contributed by atoms with van der Waals surface area (Å²) >= 11 is 1.29. The maximum atomic E-state index is 12.1. The Kier molecular flexibility index (Phi) is 5.48. The van der Waals surface area contributed by atoms with Gasteiger partial charge >= 0.3 is 5.97 Å². The zero-order chi connectivity index (χ0) is 18.5. The van der Waals surface area contributed by atoms with Crippen LogP contribution >= 0.6 is 11.3 Å². The number of rotatable bonds is 6. The number of nitrogens with zero attached hydrogens (tertiary/aromatic N) is 1. The summed E-state index contributed by atoms with van der Waals surface area (Å²) in [6, 6.07) is 12.6. The fourth-order valence-electron chi connectivity index (χ4n) is 2.33. The minimum atomic E-state index is -0.375. The van der Waals surface area contributed by atoms with Gasteiger partial charge in [0.15, 0.2) is 11.7 Å². The number of carbonyl (C=O) groups is 2. The summed E-state index contributed by atoms with van der Waals surface area (Å²) in [5, 5.41) is 3.17. The van der Waals surface area contributed by atoms with Gasteiger partial charge in [0.1, 0.15) is 5.75 Å². The van der Waals surface area contributed by atoms with Crippen LogP contribution in [0.1, 0.15) is 22.8 Å². The van der Waals surface area contributed by atoms with Crippen LogP contribution in [-0.4, -0.2) is 30.1 Å². The zero-order valence-electron chi connectivity index (χ0n) is 14.4. The number of aryl methyl sites for hydroxylation is 1. The molecule has 0 bridgehead atoms. The predicted octanol–water partition coefficient (Wildman–Crippen LogP) is 3.80. The van der Waals surface area contributed by atoms with Crippen molar-refractivity contribution in [2.45, 2.75) is 13.8 Å². The molecule has 0 spiro atoms. The molecular weight excluding hydrogens is 352 g/mol. The lowest BCUT2D eigenvalue weighted by Gasteiger charge is -2.06. The first kappa shape index (κ1) is 17.9. The molecule has 0 aliphatic rings. The van der Waals surface area contributed by atoms with Crippen molar-refractivity contribution in [2.75, 3.05) is 18.5 Å². The monoisotopic (exact) mass is 370 g/mol. The van der Waals surface area contributed by atoms with Gasteiger partial charge < -0.3 is 9.47 Å². The van der Waals surface area contributed by atoms with Crippen molar-refractivity contribution in [3.05, 3.63) is 53.6 Å². The Balaban J connectivity index is 1.64. The quantitative estimate of drug-likeness (QED) is 0.668. The Hall–Kier alpha value is -2.93. The minimum absolute atomic E-state index is 0.104. The van der Waals surface area contributed by atoms with Crippen LogP contribution in [0.25, 0.3) is 10.2 Å². The van der Waals surface area contributed by atoms with Crippen LogP contribution < -0.4 is 10.1 Å². The van der Waals surface area contributed by atoms with Crippen molar-refractivity contribution in [2.24, 2.45) is 0 Å². The molecule has 0 saturated heterocycles. The van der Waals surface area contributed by atoms with Crippen LogP contribution in [0.4, 0.5) is 5.13 Å². The van der Waals surface area contributed by atoms with E-state index < -0.39 is 0 Å². The number of esters is 1. The summed E-state index contributed by atoms with van der Waals surface area (Å²) in [5.74, 6) is -0.0281. The Morgan fingerprint density at radius 2 is 2.04 bits per heavy atom. The number of thiazole rings is 1. The van der Waals surface area contributed by atoms with Gasteiger partial charge in [-0.15, -0.1) is 0 Å². The third-order valence-corrected chi connectivity index (χ3v) is 4.44. The number of hydrogen-bond donors (Lipinski definition) is 1. The number of hydrogen-bond acceptors (Lipinski definition) is 6. The van der Waals surface area contributed by atoms with Crippen LogP contribution in [0, 0.1) is 6.92 Å². The van der Waals surface area contributed by atoms with Gasteiger partial charge in [0.2, 0.25) is 0 Å². The van der Waals surface area contributed by atoms with Gasteiger partial charge in [-0.25, -0.2) is 9.78 Å². The lowest BCUT2D eigenvalue weighted by Crippen LogP contribution is -2.20. The Morgan fingerprint density at radius 1 is 1.19 bits per heavy atom. The second-order valence-corrected chi connectivity index (χ2v) is 6.61. The SMILES string of the molecule is CCOC(=O)c1ccc2nc(NC(=O)COc3cccc(C)c3)sc2c1. The van der Waals surface area contributed by atoms with E-state index in [1.54, 1.807) is 31.2 Å². The highest BCUT2D eigenvalue weighted by Crippen LogP contribution is 2.27. The maximum Gasteiger partial charge on any atom is 0.338 e. The Morgan fingerprint density at radius 3 is 2.81 bits per heavy atom. The second kappa shape index (κ2) is 7.97. The number of benzene rings is 2. The van der Waals surface area contributed by atoms with Crippen molar-refractivity contribution in [3.8, 4) is 5.75 Å². The van der Waals surface area contributed by atoms with Crippen LogP contribution in [0.3, 0.4) is 0 Å². The van der Waals surface area contributed by atoms with Gasteiger partial charge in [0.25, 0.3) is 5.91 Å². The number of carbonyl (C=O) groups excluding carboxylic acids is 2. The van der Waals surface area contributed by atoms with Crippen molar-refractivity contribution >= 4 is 38.6 Å². The molecule has 1 heterocycles. The first-order chi connectivity index (χ1) is 12.5. The van der Waals surface area contributed by atoms with Crippen LogP contribution in [0.2, 0.25) is 0 Å². The number of fused-ring (bicyclic) bond motifs is 1. The van der Waals surface area contributed by atoms with Crippen molar-refractivity contribution in [1.29, 1.82) is 0 Å². The molecule has 0 unspecified atom stereocenters. The summed E-state index contributed by atoms with van der Waals surface area (Å²) in [4.78, 5) is 28.2. The van der Waals surface area contributed by atoms with Gasteiger partial charge in [-0.05, 0) is 49.7 Å². The fraction of sp³-hybridized carbons (Fsp3) is 0.211. The van der Waals surface area contributed by atoms with E-state index in [9.17, 15) is 9.59 Å². The van der Waals surface area contributed by atoms with Crippen LogP contribution in [0.15, 0.2) is 42.5 Å². The van der Waals surface area contributed by atoms with E-state index in [1.165, 1.54) is 11.3 Å². The van der Waals surface area contributed by atoms with Crippen molar-refractivity contribution in [3.63, 3.8) is 0 Å². The van der Waals surface area contributed by atoms with Crippen LogP contribution in [0.5, 0.6) is 5.75 Å². The highest BCUT2D eigenvalue weighted by atomic mass is 32.1. The van der Waals surface area contributed by atoms with Gasteiger partial charge in [0, 0.05) is 0 Å². The Labute approximate surface area is 154 Å². The molecule has 0 aliphatic heterocycles. The number of ether oxygens (including phenoxy) is 2. The number of anilines is 1. The molecule has 0 aliphatic carbocycles. The molecule has 6 nitrogen and oxygen atoms in total. The molecule has 0 fully saturated rings. The molecule has 2 aromatic carbocycles. The van der Waals surface area contributed by atoms with Gasteiger partial charge in [-0.1, -0.05) is 23.5 Å². The van der Waals surface area contributed by atoms with E-state index >= 15 is 0 Å². The molecular formula is C19H18N2O4S. The molecule has 134 valence electrons. The third kappa shape index (κ3) is 4.37. The average Bonchev–Trinajstić information content (AvgIpc) is 3.01. The highest BCUT2D eigenvalue weighted by Gasteiger charge is 2.12. The Bertz CT molecular complexity index is 952. The standard InChI is InChI=1S/C19H18N2O4S/c1-3-24-18(23)13-7-8-15-16(10-13)26-19(20-15)21-17(22)11-25-14-6-4-5-12(2)9-14/h4-10H,3,11H2,1-2H3,(H,20,21,22). The van der Waals surface area contributed by atoms with Gasteiger partial charge in [-0.2, -0.15) is 0 Å². The lowest BCUT2D eigenvalue weighted by atomic mass is 10.2.